The molecular weight excluding hydrogens is 370 g/mol. The van der Waals surface area contributed by atoms with Crippen LogP contribution in [0.1, 0.15) is 26.2 Å². The van der Waals surface area contributed by atoms with Crippen LogP contribution in [0.3, 0.4) is 0 Å². The molecule has 8 heteroatoms. The molecule has 0 atom stereocenters. The fourth-order valence-corrected chi connectivity index (χ4v) is 2.90. The molecule has 0 spiro atoms. The minimum atomic E-state index is 0.223. The number of rotatable bonds is 8. The van der Waals surface area contributed by atoms with Crippen molar-refractivity contribution >= 4 is 28.9 Å². The van der Waals surface area contributed by atoms with Crippen LogP contribution in [0.15, 0.2) is 28.7 Å². The van der Waals surface area contributed by atoms with Gasteiger partial charge in [0.05, 0.1) is 27.2 Å². The summed E-state index contributed by atoms with van der Waals surface area (Å²) in [4.78, 5) is 3.48. The van der Waals surface area contributed by atoms with Crippen molar-refractivity contribution in [2.24, 2.45) is 0 Å². The van der Waals surface area contributed by atoms with Crippen molar-refractivity contribution in [3.63, 3.8) is 0 Å². The van der Waals surface area contributed by atoms with E-state index < -0.39 is 0 Å². The third-order valence-corrected chi connectivity index (χ3v) is 4.51. The van der Waals surface area contributed by atoms with Crippen LogP contribution in [0, 0.1) is 0 Å². The van der Waals surface area contributed by atoms with Crippen LogP contribution in [0.4, 0.5) is 0 Å². The minimum absolute atomic E-state index is 0.223. The number of hydrogen-bond acceptors (Lipinski definition) is 4. The number of thiocarbonyl (C=S) groups is 1. The quantitative estimate of drug-likeness (QED) is 0.526. The number of nitrogens with one attached hydrogen (secondary N) is 2. The van der Waals surface area contributed by atoms with E-state index in [9.17, 15) is 0 Å². The van der Waals surface area contributed by atoms with Gasteiger partial charge in [-0.2, -0.15) is 0 Å². The predicted octanol–water partition coefficient (Wildman–Crippen LogP) is 2.01. The van der Waals surface area contributed by atoms with Gasteiger partial charge in [-0.1, -0.05) is 11.6 Å². The Labute approximate surface area is 165 Å². The van der Waals surface area contributed by atoms with Gasteiger partial charge in [0.15, 0.2) is 5.11 Å². The van der Waals surface area contributed by atoms with Crippen molar-refractivity contribution in [2.45, 2.75) is 32.9 Å². The van der Waals surface area contributed by atoms with Crippen LogP contribution in [0.2, 0.25) is 5.02 Å². The van der Waals surface area contributed by atoms with Gasteiger partial charge in [0.2, 0.25) is 11.8 Å². The van der Waals surface area contributed by atoms with Gasteiger partial charge in [0, 0.05) is 29.6 Å². The molecule has 0 fully saturated rings. The van der Waals surface area contributed by atoms with Gasteiger partial charge in [-0.3, -0.25) is 0 Å². The molecular formula is C18H27ClN5OS+. The van der Waals surface area contributed by atoms with E-state index in [1.807, 2.05) is 12.1 Å². The van der Waals surface area contributed by atoms with Gasteiger partial charge in [0.1, 0.15) is 0 Å². The smallest absolute Gasteiger partial charge is 0.247 e. The molecule has 2 rings (SSSR count). The first-order valence-electron chi connectivity index (χ1n) is 8.78. The summed E-state index contributed by atoms with van der Waals surface area (Å²) in [5.41, 5.74) is 0.844. The monoisotopic (exact) mass is 396 g/mol. The summed E-state index contributed by atoms with van der Waals surface area (Å²) in [6, 6.07) is 7.54. The van der Waals surface area contributed by atoms with Gasteiger partial charge in [-0.15, -0.1) is 10.2 Å². The first-order valence-corrected chi connectivity index (χ1v) is 9.57. The number of nitrogens with zero attached hydrogens (tertiary/aromatic N) is 3. The molecule has 0 saturated carbocycles. The molecule has 0 aliphatic rings. The molecule has 0 aliphatic carbocycles. The Bertz CT molecular complexity index is 702. The van der Waals surface area contributed by atoms with Crippen molar-refractivity contribution in [3.8, 4) is 11.5 Å². The second-order valence-corrected chi connectivity index (χ2v) is 7.60. The fraction of sp³-hybridized carbons (Fsp3) is 0.500. The zero-order valence-corrected chi connectivity index (χ0v) is 17.3. The third kappa shape index (κ3) is 6.23. The summed E-state index contributed by atoms with van der Waals surface area (Å²) in [6.45, 7) is 6.62. The molecule has 0 unspecified atom stereocenters. The average Bonchev–Trinajstić information content (AvgIpc) is 3.05. The first kappa shape index (κ1) is 20.6. The molecule has 6 nitrogen and oxygen atoms in total. The van der Waals surface area contributed by atoms with E-state index in [1.165, 1.54) is 4.90 Å². The number of aromatic nitrogens is 2. The summed E-state index contributed by atoms with van der Waals surface area (Å²) in [6.07, 6.45) is 1.07. The largest absolute Gasteiger partial charge is 0.419 e. The molecule has 0 aliphatic heterocycles. The second kappa shape index (κ2) is 9.85. The van der Waals surface area contributed by atoms with Gasteiger partial charge < -0.3 is 19.5 Å². The van der Waals surface area contributed by atoms with Crippen molar-refractivity contribution in [3.05, 3.63) is 35.2 Å². The first-order chi connectivity index (χ1) is 12.4. The Morgan fingerprint density at radius 1 is 1.27 bits per heavy atom. The summed E-state index contributed by atoms with van der Waals surface area (Å²) in [5.74, 6) is 1.01. The van der Waals surface area contributed by atoms with Crippen LogP contribution in [-0.2, 0) is 6.54 Å². The molecule has 26 heavy (non-hydrogen) atoms. The van der Waals surface area contributed by atoms with Crippen LogP contribution in [0.25, 0.3) is 11.5 Å². The van der Waals surface area contributed by atoms with E-state index in [-0.39, 0.29) is 6.04 Å². The van der Waals surface area contributed by atoms with E-state index in [0.717, 1.165) is 25.1 Å². The lowest BCUT2D eigenvalue weighted by atomic mass is 10.2. The second-order valence-electron chi connectivity index (χ2n) is 6.77. The van der Waals surface area contributed by atoms with Crippen LogP contribution >= 0.6 is 23.8 Å². The number of quaternary nitrogens is 1. The summed E-state index contributed by atoms with van der Waals surface area (Å²) in [5, 5.41) is 13.0. The Morgan fingerprint density at radius 3 is 2.58 bits per heavy atom. The molecule has 0 bridgehead atoms. The highest BCUT2D eigenvalue weighted by molar-refractivity contribution is 7.80. The summed E-state index contributed by atoms with van der Waals surface area (Å²) in [7, 11) is 4.29. The summed E-state index contributed by atoms with van der Waals surface area (Å²) >= 11 is 11.5. The van der Waals surface area contributed by atoms with Crippen LogP contribution in [-0.4, -0.2) is 53.4 Å². The molecule has 142 valence electrons. The van der Waals surface area contributed by atoms with E-state index in [1.54, 1.807) is 12.1 Å². The minimum Gasteiger partial charge on any atom is -0.419 e. The predicted molar refractivity (Wildman–Crippen MR) is 108 cm³/mol. The Balaban J connectivity index is 1.97. The van der Waals surface area contributed by atoms with Crippen molar-refractivity contribution in [2.75, 3.05) is 27.2 Å². The zero-order chi connectivity index (χ0) is 19.1. The number of benzene rings is 1. The highest BCUT2D eigenvalue weighted by atomic mass is 35.5. The molecule has 1 heterocycles. The average molecular weight is 397 g/mol. The van der Waals surface area contributed by atoms with E-state index in [0.29, 0.717) is 28.5 Å². The molecule has 0 amide bonds. The van der Waals surface area contributed by atoms with Crippen LogP contribution < -0.4 is 10.2 Å². The SMILES string of the molecule is CC(C)N(Cc1nnc(-c2ccc(Cl)cc2)o1)C(=S)NCCC[NH+](C)C. The van der Waals surface area contributed by atoms with Crippen molar-refractivity contribution in [1.82, 2.24) is 20.4 Å². The van der Waals surface area contributed by atoms with Crippen molar-refractivity contribution < 1.29 is 9.32 Å². The topological polar surface area (TPSA) is 58.6 Å². The molecule has 0 saturated heterocycles. The lowest BCUT2D eigenvalue weighted by molar-refractivity contribution is -0.858. The number of hydrogen-bond donors (Lipinski definition) is 2. The molecule has 2 aromatic rings. The van der Waals surface area contributed by atoms with Gasteiger partial charge in [0.25, 0.3) is 0 Å². The lowest BCUT2D eigenvalue weighted by Crippen LogP contribution is -3.05. The maximum absolute atomic E-state index is 5.92. The Kier molecular flexibility index (Phi) is 7.81. The Hall–Kier alpha value is -1.70. The van der Waals surface area contributed by atoms with Crippen molar-refractivity contribution in [1.29, 1.82) is 0 Å². The normalized spacial score (nSPS) is 11.2. The fourth-order valence-electron chi connectivity index (χ4n) is 2.40. The maximum atomic E-state index is 5.92. The highest BCUT2D eigenvalue weighted by Crippen LogP contribution is 2.21. The molecule has 1 aromatic carbocycles. The van der Waals surface area contributed by atoms with Crippen LogP contribution in [0.5, 0.6) is 0 Å². The highest BCUT2D eigenvalue weighted by Gasteiger charge is 2.18. The standard InChI is InChI=1S/C18H26ClN5OS/c1-13(2)24(18(26)20-10-5-11-23(3)4)12-16-21-22-17(25-16)14-6-8-15(19)9-7-14/h6-9,13H,5,10-12H2,1-4H3,(H,20,26)/p+1. The number of halogens is 1. The zero-order valence-electron chi connectivity index (χ0n) is 15.8. The third-order valence-electron chi connectivity index (χ3n) is 3.88. The molecule has 1 aromatic heterocycles. The Morgan fingerprint density at radius 2 is 1.96 bits per heavy atom. The van der Waals surface area contributed by atoms with E-state index in [4.69, 9.17) is 28.2 Å². The lowest BCUT2D eigenvalue weighted by Gasteiger charge is -2.28. The van der Waals surface area contributed by atoms with E-state index in [2.05, 4.69) is 48.4 Å². The van der Waals surface area contributed by atoms with Gasteiger partial charge >= 0.3 is 0 Å². The molecule has 2 N–H and O–H groups in total. The van der Waals surface area contributed by atoms with Gasteiger partial charge in [-0.05, 0) is 50.3 Å². The van der Waals surface area contributed by atoms with Gasteiger partial charge in [-0.25, -0.2) is 0 Å². The summed E-state index contributed by atoms with van der Waals surface area (Å²) < 4.78 is 5.80. The molecule has 0 radical (unpaired) electrons. The van der Waals surface area contributed by atoms with E-state index >= 15 is 0 Å². The maximum Gasteiger partial charge on any atom is 0.247 e.